The summed E-state index contributed by atoms with van der Waals surface area (Å²) in [7, 11) is 3.25. The number of fused-ring (bicyclic) bond motifs is 6. The first-order valence-corrected chi connectivity index (χ1v) is 20.6. The van der Waals surface area contributed by atoms with Gasteiger partial charge in [-0.25, -0.2) is 30.1 Å². The molecular formula is C52H45ClN8O2. The minimum Gasteiger partial charge on any atom is -0.368 e. The maximum absolute atomic E-state index is 7.39. The van der Waals surface area contributed by atoms with Crippen molar-refractivity contribution in [3.8, 4) is 22.3 Å². The Labute approximate surface area is 374 Å². The smallest absolute Gasteiger partial charge is 0.221 e. The van der Waals surface area contributed by atoms with E-state index in [9.17, 15) is 0 Å². The van der Waals surface area contributed by atoms with Gasteiger partial charge in [-0.1, -0.05) is 109 Å². The number of guanidine groups is 1. The highest BCUT2D eigenvalue weighted by atomic mass is 35.5. The molecule has 1 heterocycles. The zero-order valence-corrected chi connectivity index (χ0v) is 35.8. The van der Waals surface area contributed by atoms with Gasteiger partial charge < -0.3 is 10.9 Å². The molecule has 0 bridgehead atoms. The third-order valence-corrected chi connectivity index (χ3v) is 13.1. The fraction of sp³-hybridized carbons (Fsp3) is 0.212. The SMILES string of the molecule is CNO.Cl.[C-]#[N+]/N=C1\c2cc(-c3cccc([N+]#[C-])c3)ccc2CC12Cc1ccccc1C2.[C-]#[N+]c1cccc(-c2ccc3c(c2)C2(N=C(N)N(C)O2)C2(Cc4ccccc4C2)C3)c1. The van der Waals surface area contributed by atoms with E-state index in [-0.39, 0.29) is 23.2 Å². The van der Waals surface area contributed by atoms with E-state index in [1.807, 2.05) is 55.6 Å². The minimum absolute atomic E-state index is 0. The van der Waals surface area contributed by atoms with Crippen LogP contribution in [0.25, 0.3) is 36.9 Å². The lowest BCUT2D eigenvalue weighted by Crippen LogP contribution is -2.44. The number of hydrogen-bond acceptors (Lipinski definition) is 7. The molecule has 3 spiro atoms. The zero-order chi connectivity index (χ0) is 43.1. The molecule has 0 aromatic heterocycles. The largest absolute Gasteiger partial charge is 0.368 e. The first-order valence-electron chi connectivity index (χ1n) is 20.6. The number of halogens is 1. The number of nitrogens with two attached hydrogens (primary N) is 1. The first kappa shape index (κ1) is 42.6. The van der Waals surface area contributed by atoms with E-state index < -0.39 is 5.72 Å². The van der Waals surface area contributed by atoms with Crippen molar-refractivity contribution in [1.82, 2.24) is 10.5 Å². The molecule has 0 fully saturated rings. The fourth-order valence-corrected chi connectivity index (χ4v) is 10.4. The summed E-state index contributed by atoms with van der Waals surface area (Å²) in [5.41, 5.74) is 23.4. The standard InChI is InChI=1S/C26H22N4O.C25H17N3.CH5NO.ClH/c1-28-22-9-5-8-17(12-22)18-10-11-21-16-25(14-19-6-3-4-7-20(19)15-25)26(23(21)13-18)29-24(27)30(2)31-26;1-26-22-9-5-8-17(12-22)18-10-11-21-16-25(24(28-27-2)23(21)13-18)14-19-6-3-4-7-20(19)15-25;1-2-3;/h3-13H,14-16H2,2H3,(H2,27,29);3-13H,14-16H2;2-3H,1H3;1H/b;28-24+;;. The average molecular weight is 849 g/mol. The normalized spacial score (nSPS) is 19.0. The van der Waals surface area contributed by atoms with Crippen molar-refractivity contribution >= 4 is 35.5 Å². The first-order chi connectivity index (χ1) is 30.2. The summed E-state index contributed by atoms with van der Waals surface area (Å²) < 4.78 is 0. The van der Waals surface area contributed by atoms with E-state index in [1.165, 1.54) is 40.4 Å². The number of nitrogens with zero attached hydrogens (tertiary/aromatic N) is 6. The molecule has 6 aromatic rings. The van der Waals surface area contributed by atoms with Gasteiger partial charge in [0.05, 0.1) is 18.2 Å². The second kappa shape index (κ2) is 17.0. The van der Waals surface area contributed by atoms with Crippen molar-refractivity contribution in [3.05, 3.63) is 212 Å². The van der Waals surface area contributed by atoms with Crippen molar-refractivity contribution in [3.63, 3.8) is 0 Å². The highest BCUT2D eigenvalue weighted by Gasteiger charge is 2.64. The van der Waals surface area contributed by atoms with Crippen LogP contribution in [0.1, 0.15) is 44.5 Å². The van der Waals surface area contributed by atoms with Crippen LogP contribution < -0.4 is 11.2 Å². The van der Waals surface area contributed by atoms with Crippen LogP contribution in [0.3, 0.4) is 0 Å². The van der Waals surface area contributed by atoms with Gasteiger partial charge in [-0.15, -0.1) is 17.4 Å². The summed E-state index contributed by atoms with van der Waals surface area (Å²) in [5, 5.41) is 13.2. The van der Waals surface area contributed by atoms with Gasteiger partial charge in [0.25, 0.3) is 0 Å². The lowest BCUT2D eigenvalue weighted by atomic mass is 9.75. The molecule has 1 unspecified atom stereocenters. The highest BCUT2D eigenvalue weighted by molar-refractivity contribution is 6.10. The Hall–Kier alpha value is -7.10. The molecule has 312 valence electrons. The summed E-state index contributed by atoms with van der Waals surface area (Å²) in [5.74, 6) is 0.406. The van der Waals surface area contributed by atoms with Gasteiger partial charge in [0.1, 0.15) is 5.71 Å². The van der Waals surface area contributed by atoms with Crippen molar-refractivity contribution in [2.24, 2.45) is 26.7 Å². The van der Waals surface area contributed by atoms with E-state index in [4.69, 9.17) is 40.5 Å². The average Bonchev–Trinajstić information content (AvgIpc) is 4.08. The molecule has 63 heavy (non-hydrogen) atoms. The molecule has 6 aromatic carbocycles. The second-order valence-electron chi connectivity index (χ2n) is 16.7. The van der Waals surface area contributed by atoms with Crippen LogP contribution in [-0.2, 0) is 49.1 Å². The van der Waals surface area contributed by atoms with Gasteiger partial charge in [0, 0.05) is 36.1 Å². The fourth-order valence-electron chi connectivity index (χ4n) is 10.4. The zero-order valence-electron chi connectivity index (χ0n) is 35.0. The van der Waals surface area contributed by atoms with Crippen LogP contribution >= 0.6 is 12.4 Å². The van der Waals surface area contributed by atoms with Crippen LogP contribution in [0.15, 0.2) is 144 Å². The molecular weight excluding hydrogens is 804 g/mol. The Bertz CT molecular complexity index is 2910. The molecule has 11 rings (SSSR count). The number of hydroxylamine groups is 3. The Morgan fingerprint density at radius 3 is 1.63 bits per heavy atom. The maximum atomic E-state index is 7.39. The molecule has 4 aliphatic carbocycles. The van der Waals surface area contributed by atoms with Gasteiger partial charge in [-0.05, 0) is 118 Å². The number of rotatable bonds is 2. The molecule has 1 aliphatic heterocycles. The third-order valence-electron chi connectivity index (χ3n) is 13.1. The number of nitrogens with one attached hydrogen (secondary N) is 1. The Morgan fingerprint density at radius 2 is 1.13 bits per heavy atom. The number of aliphatic imine (C=N–C) groups is 1. The molecule has 10 nitrogen and oxygen atoms in total. The van der Waals surface area contributed by atoms with Crippen molar-refractivity contribution in [1.29, 1.82) is 0 Å². The van der Waals surface area contributed by atoms with Crippen LogP contribution in [-0.4, -0.2) is 36.0 Å². The van der Waals surface area contributed by atoms with Gasteiger partial charge >= 0.3 is 0 Å². The van der Waals surface area contributed by atoms with E-state index >= 15 is 0 Å². The van der Waals surface area contributed by atoms with Crippen molar-refractivity contribution in [2.75, 3.05) is 14.1 Å². The van der Waals surface area contributed by atoms with Gasteiger partial charge in [-0.2, -0.15) is 6.57 Å². The van der Waals surface area contributed by atoms with Crippen molar-refractivity contribution in [2.45, 2.75) is 44.2 Å². The van der Waals surface area contributed by atoms with Crippen LogP contribution in [0, 0.1) is 30.5 Å². The summed E-state index contributed by atoms with van der Waals surface area (Å²) >= 11 is 0. The van der Waals surface area contributed by atoms with E-state index in [0.717, 1.165) is 77.6 Å². The Balaban J connectivity index is 0.000000161. The molecule has 0 saturated carbocycles. The topological polar surface area (TPSA) is 109 Å². The molecule has 0 radical (unpaired) electrons. The van der Waals surface area contributed by atoms with Crippen LogP contribution in [0.4, 0.5) is 11.4 Å². The number of hydrogen-bond donors (Lipinski definition) is 3. The Kier molecular flexibility index (Phi) is 11.5. The minimum atomic E-state index is -0.840. The van der Waals surface area contributed by atoms with Gasteiger partial charge in [-0.3, -0.25) is 0 Å². The number of benzene rings is 6. The molecule has 4 N–H and O–H groups in total. The summed E-state index contributed by atoms with van der Waals surface area (Å²) in [6.07, 6.45) is 5.51. The molecule has 11 heteroatoms. The highest BCUT2D eigenvalue weighted by Crippen LogP contribution is 2.61. The summed E-state index contributed by atoms with van der Waals surface area (Å²) in [6.45, 7) is 22.0. The monoisotopic (exact) mass is 848 g/mol. The van der Waals surface area contributed by atoms with Gasteiger partial charge in [0.15, 0.2) is 11.4 Å². The van der Waals surface area contributed by atoms with E-state index in [2.05, 4.69) is 105 Å². The third kappa shape index (κ3) is 7.32. The van der Waals surface area contributed by atoms with Crippen LogP contribution in [0.2, 0.25) is 0 Å². The molecule has 1 atom stereocenters. The maximum Gasteiger partial charge on any atom is 0.221 e. The predicted molar refractivity (Wildman–Crippen MR) is 250 cm³/mol. The second-order valence-corrected chi connectivity index (χ2v) is 16.7. The van der Waals surface area contributed by atoms with E-state index in [0.29, 0.717) is 17.3 Å². The van der Waals surface area contributed by atoms with E-state index in [1.54, 1.807) is 10.5 Å². The molecule has 0 saturated heterocycles. The van der Waals surface area contributed by atoms with Crippen molar-refractivity contribution < 1.29 is 10.0 Å². The quantitative estimate of drug-likeness (QED) is 0.119. The molecule has 5 aliphatic rings. The summed E-state index contributed by atoms with van der Waals surface area (Å²) in [4.78, 5) is 22.0. The van der Waals surface area contributed by atoms with Gasteiger partial charge in [0.2, 0.25) is 11.7 Å². The molecule has 0 amide bonds. The lowest BCUT2D eigenvalue weighted by molar-refractivity contribution is -0.219. The summed E-state index contributed by atoms with van der Waals surface area (Å²) in [6, 6.07) is 45.6. The Morgan fingerprint density at radius 1 is 0.651 bits per heavy atom. The van der Waals surface area contributed by atoms with Crippen LogP contribution in [0.5, 0.6) is 0 Å². The predicted octanol–water partition coefficient (Wildman–Crippen LogP) is 10.5. The lowest BCUT2D eigenvalue weighted by Gasteiger charge is -2.38.